The summed E-state index contributed by atoms with van der Waals surface area (Å²) in [6.45, 7) is 8.52. The van der Waals surface area contributed by atoms with Gasteiger partial charge in [0.15, 0.2) is 0 Å². The van der Waals surface area contributed by atoms with Gasteiger partial charge in [-0.2, -0.15) is 0 Å². The van der Waals surface area contributed by atoms with E-state index in [9.17, 15) is 4.79 Å². The number of fused-ring (bicyclic) bond motifs is 1. The van der Waals surface area contributed by atoms with Gasteiger partial charge in [0.05, 0.1) is 11.3 Å². The number of rotatable bonds is 4. The van der Waals surface area contributed by atoms with E-state index in [4.69, 9.17) is 4.98 Å². The van der Waals surface area contributed by atoms with Gasteiger partial charge in [-0.1, -0.05) is 43.8 Å². The fraction of sp³-hybridized carbons (Fsp3) is 0.550. The molecule has 4 nitrogen and oxygen atoms in total. The maximum absolute atomic E-state index is 12.8. The van der Waals surface area contributed by atoms with Crippen molar-refractivity contribution in [3.63, 3.8) is 0 Å². The summed E-state index contributed by atoms with van der Waals surface area (Å²) in [5.41, 5.74) is 0.954. The van der Waals surface area contributed by atoms with Crippen molar-refractivity contribution < 1.29 is 4.79 Å². The number of likely N-dealkylation sites (tertiary alicyclic amines) is 1. The Kier molecular flexibility index (Phi) is 5.62. The molecule has 134 valence electrons. The Bertz CT molecular complexity index is 752. The highest BCUT2D eigenvalue weighted by Crippen LogP contribution is 2.29. The van der Waals surface area contributed by atoms with Gasteiger partial charge in [0.1, 0.15) is 10.9 Å². The smallest absolute Gasteiger partial charge is 0.233 e. The minimum absolute atomic E-state index is 0.221. The number of thioether (sulfide) groups is 1. The molecule has 0 spiro atoms. The molecule has 0 unspecified atom stereocenters. The Morgan fingerprint density at radius 1 is 1.20 bits per heavy atom. The molecule has 1 aromatic heterocycles. The van der Waals surface area contributed by atoms with Gasteiger partial charge >= 0.3 is 0 Å². The van der Waals surface area contributed by atoms with Crippen LogP contribution in [-0.4, -0.2) is 38.6 Å². The van der Waals surface area contributed by atoms with E-state index in [1.54, 1.807) is 11.8 Å². The van der Waals surface area contributed by atoms with E-state index < -0.39 is 0 Å². The maximum atomic E-state index is 12.8. The second-order valence-corrected chi connectivity index (χ2v) is 8.24. The zero-order chi connectivity index (χ0) is 18.0. The summed E-state index contributed by atoms with van der Waals surface area (Å²) in [4.78, 5) is 24.3. The second-order valence-electron chi connectivity index (χ2n) is 7.28. The molecule has 2 atom stereocenters. The highest BCUT2D eigenvalue weighted by Gasteiger charge is 2.28. The van der Waals surface area contributed by atoms with Gasteiger partial charge < -0.3 is 4.90 Å². The van der Waals surface area contributed by atoms with E-state index in [0.29, 0.717) is 17.8 Å². The van der Waals surface area contributed by atoms with Crippen LogP contribution in [0, 0.1) is 0 Å². The van der Waals surface area contributed by atoms with Crippen molar-refractivity contribution >= 4 is 28.6 Å². The highest BCUT2D eigenvalue weighted by atomic mass is 32.2. The minimum Gasteiger partial charge on any atom is -0.337 e. The van der Waals surface area contributed by atoms with Gasteiger partial charge in [-0.3, -0.25) is 4.79 Å². The Hall–Kier alpha value is -1.62. The summed E-state index contributed by atoms with van der Waals surface area (Å²) in [5.74, 6) is 1.77. The van der Waals surface area contributed by atoms with Gasteiger partial charge in [0.25, 0.3) is 0 Å². The third-order valence-corrected chi connectivity index (χ3v) is 5.89. The lowest BCUT2D eigenvalue weighted by Crippen LogP contribution is -2.48. The van der Waals surface area contributed by atoms with Gasteiger partial charge in [-0.15, -0.1) is 0 Å². The summed E-state index contributed by atoms with van der Waals surface area (Å²) in [6, 6.07) is 8.73. The van der Waals surface area contributed by atoms with E-state index in [1.807, 2.05) is 24.3 Å². The van der Waals surface area contributed by atoms with Gasteiger partial charge in [0, 0.05) is 23.4 Å². The fourth-order valence-electron chi connectivity index (χ4n) is 3.55. The molecule has 1 aliphatic rings. The maximum Gasteiger partial charge on any atom is 0.233 e. The number of nitrogens with zero attached hydrogens (tertiary/aromatic N) is 3. The van der Waals surface area contributed by atoms with Crippen LogP contribution in [0.3, 0.4) is 0 Å². The first-order chi connectivity index (χ1) is 12.0. The molecule has 0 bridgehead atoms. The average molecular weight is 358 g/mol. The lowest BCUT2D eigenvalue weighted by atomic mass is 9.98. The highest BCUT2D eigenvalue weighted by molar-refractivity contribution is 8.00. The number of amides is 1. The van der Waals surface area contributed by atoms with E-state index in [-0.39, 0.29) is 11.8 Å². The molecule has 0 N–H and O–H groups in total. The predicted octanol–water partition coefficient (Wildman–Crippen LogP) is 4.63. The number of para-hydroxylation sites is 1. The van der Waals surface area contributed by atoms with Crippen LogP contribution in [0.25, 0.3) is 10.9 Å². The van der Waals surface area contributed by atoms with Crippen LogP contribution in [0.5, 0.6) is 0 Å². The second kappa shape index (κ2) is 7.73. The molecular formula is C20H27N3OS. The predicted molar refractivity (Wildman–Crippen MR) is 104 cm³/mol. The van der Waals surface area contributed by atoms with Crippen LogP contribution in [0.1, 0.15) is 58.7 Å². The van der Waals surface area contributed by atoms with Crippen LogP contribution in [-0.2, 0) is 4.79 Å². The average Bonchev–Trinajstić information content (AvgIpc) is 2.59. The largest absolute Gasteiger partial charge is 0.337 e. The Balaban J connectivity index is 1.81. The lowest BCUT2D eigenvalue weighted by Gasteiger charge is -2.39. The number of piperidine rings is 1. The molecule has 5 heteroatoms. The molecule has 1 aliphatic heterocycles. The van der Waals surface area contributed by atoms with E-state index in [2.05, 4.69) is 37.6 Å². The first-order valence-corrected chi connectivity index (χ1v) is 10.2. The van der Waals surface area contributed by atoms with Crippen molar-refractivity contribution in [3.8, 4) is 0 Å². The first kappa shape index (κ1) is 18.2. The molecule has 1 saturated heterocycles. The topological polar surface area (TPSA) is 46.1 Å². The summed E-state index contributed by atoms with van der Waals surface area (Å²) >= 11 is 1.54. The minimum atomic E-state index is 0.221. The van der Waals surface area contributed by atoms with E-state index in [1.165, 1.54) is 6.42 Å². The summed E-state index contributed by atoms with van der Waals surface area (Å²) < 4.78 is 0. The normalized spacial score (nSPS) is 21.1. The van der Waals surface area contributed by atoms with Crippen molar-refractivity contribution in [1.29, 1.82) is 0 Å². The van der Waals surface area contributed by atoms with E-state index >= 15 is 0 Å². The van der Waals surface area contributed by atoms with E-state index in [0.717, 1.165) is 34.6 Å². The molecule has 25 heavy (non-hydrogen) atoms. The molecular weight excluding hydrogens is 330 g/mol. The number of hydrogen-bond donors (Lipinski definition) is 0. The third kappa shape index (κ3) is 3.97. The fourth-order valence-corrected chi connectivity index (χ4v) is 4.45. The first-order valence-electron chi connectivity index (χ1n) is 9.18. The summed E-state index contributed by atoms with van der Waals surface area (Å²) in [5, 5.41) is 1.95. The molecule has 0 aliphatic carbocycles. The van der Waals surface area contributed by atoms with Crippen molar-refractivity contribution in [2.75, 3.05) is 5.75 Å². The van der Waals surface area contributed by atoms with Gasteiger partial charge in [-0.05, 0) is 39.2 Å². The van der Waals surface area contributed by atoms with Crippen LogP contribution in [0.15, 0.2) is 29.3 Å². The Morgan fingerprint density at radius 2 is 1.88 bits per heavy atom. The SMILES string of the molecule is CC(C)c1nc(SCC(=O)N2[C@@H](C)CCC[C@@H]2C)c2ccccc2n1. The third-order valence-electron chi connectivity index (χ3n) is 4.92. The monoisotopic (exact) mass is 357 g/mol. The molecule has 1 aromatic carbocycles. The number of aromatic nitrogens is 2. The summed E-state index contributed by atoms with van der Waals surface area (Å²) in [7, 11) is 0. The zero-order valence-corrected chi connectivity index (χ0v) is 16.3. The Labute approximate surface area is 154 Å². The lowest BCUT2D eigenvalue weighted by molar-refractivity contribution is -0.134. The van der Waals surface area contributed by atoms with Crippen molar-refractivity contribution in [3.05, 3.63) is 30.1 Å². The molecule has 0 radical (unpaired) electrons. The molecule has 0 saturated carbocycles. The quantitative estimate of drug-likeness (QED) is 0.591. The number of carbonyl (C=O) groups excluding carboxylic acids is 1. The number of carbonyl (C=O) groups is 1. The van der Waals surface area contributed by atoms with Crippen molar-refractivity contribution in [2.45, 2.75) is 70.0 Å². The van der Waals surface area contributed by atoms with Crippen LogP contribution in [0.4, 0.5) is 0 Å². The molecule has 1 amide bonds. The standard InChI is InChI=1S/C20H27N3OS/c1-13(2)19-21-17-11-6-5-10-16(17)20(22-19)25-12-18(24)23-14(3)8-7-9-15(23)4/h5-6,10-11,13-15H,7-9,12H2,1-4H3/t14-,15-/m0/s1. The van der Waals surface area contributed by atoms with Crippen molar-refractivity contribution in [1.82, 2.24) is 14.9 Å². The number of benzene rings is 1. The van der Waals surface area contributed by atoms with Crippen LogP contribution >= 0.6 is 11.8 Å². The van der Waals surface area contributed by atoms with Crippen LogP contribution < -0.4 is 0 Å². The molecule has 1 fully saturated rings. The van der Waals surface area contributed by atoms with Crippen molar-refractivity contribution in [2.24, 2.45) is 0 Å². The molecule has 3 rings (SSSR count). The summed E-state index contributed by atoms with van der Waals surface area (Å²) in [6.07, 6.45) is 3.43. The van der Waals surface area contributed by atoms with Gasteiger partial charge in [-0.25, -0.2) is 9.97 Å². The van der Waals surface area contributed by atoms with Gasteiger partial charge in [0.2, 0.25) is 5.91 Å². The van der Waals surface area contributed by atoms with Crippen LogP contribution in [0.2, 0.25) is 0 Å². The number of hydrogen-bond acceptors (Lipinski definition) is 4. The molecule has 2 aromatic rings. The Morgan fingerprint density at radius 3 is 2.56 bits per heavy atom. The molecule has 2 heterocycles. The zero-order valence-electron chi connectivity index (χ0n) is 15.5.